The monoisotopic (exact) mass is 339 g/mol. The number of phenolic OH excluding ortho intramolecular Hbond substituents is 1. The topological polar surface area (TPSA) is 91.3 Å². The van der Waals surface area contributed by atoms with Gasteiger partial charge in [-0.15, -0.1) is 0 Å². The van der Waals surface area contributed by atoms with Gasteiger partial charge >= 0.3 is 6.03 Å². The lowest BCUT2D eigenvalue weighted by molar-refractivity contribution is 0.101. The zero-order valence-corrected chi connectivity index (χ0v) is 14.5. The van der Waals surface area contributed by atoms with Gasteiger partial charge < -0.3 is 10.4 Å². The van der Waals surface area contributed by atoms with Crippen LogP contribution in [0.2, 0.25) is 0 Å². The number of phenols is 1. The molecule has 0 radical (unpaired) electrons. The zero-order chi connectivity index (χ0) is 18.1. The number of aryl methyl sites for hydroxylation is 2. The highest BCUT2D eigenvalue weighted by Gasteiger charge is 2.42. The molecule has 1 aliphatic rings. The van der Waals surface area contributed by atoms with Crippen LogP contribution in [-0.4, -0.2) is 27.9 Å². The Morgan fingerprint density at radius 3 is 2.60 bits per heavy atom. The highest BCUT2D eigenvalue weighted by Crippen LogP contribution is 2.47. The van der Waals surface area contributed by atoms with Crippen molar-refractivity contribution in [1.29, 1.82) is 0 Å². The molecule has 0 saturated heterocycles. The van der Waals surface area contributed by atoms with Gasteiger partial charge in [-0.1, -0.05) is 12.1 Å². The molecule has 1 aliphatic carbocycles. The lowest BCUT2D eigenvalue weighted by Crippen LogP contribution is -2.31. The van der Waals surface area contributed by atoms with E-state index in [0.717, 1.165) is 23.1 Å². The number of aromatic hydroxyl groups is 1. The van der Waals surface area contributed by atoms with Crippen LogP contribution in [0.25, 0.3) is 0 Å². The Kier molecular flexibility index (Phi) is 4.44. The van der Waals surface area contributed by atoms with E-state index in [2.05, 4.69) is 15.6 Å². The molecule has 2 amide bonds. The second-order valence-electron chi connectivity index (χ2n) is 6.52. The van der Waals surface area contributed by atoms with Crippen LogP contribution in [0.15, 0.2) is 30.5 Å². The lowest BCUT2D eigenvalue weighted by Gasteiger charge is -2.12. The van der Waals surface area contributed by atoms with Gasteiger partial charge in [-0.2, -0.15) is 0 Å². The van der Waals surface area contributed by atoms with Crippen LogP contribution < -0.4 is 10.6 Å². The van der Waals surface area contributed by atoms with Crippen molar-refractivity contribution in [2.75, 3.05) is 5.32 Å². The van der Waals surface area contributed by atoms with Gasteiger partial charge in [0.2, 0.25) is 0 Å². The molecule has 2 aromatic rings. The van der Waals surface area contributed by atoms with Crippen molar-refractivity contribution in [3.8, 4) is 5.75 Å². The molecule has 25 heavy (non-hydrogen) atoms. The van der Waals surface area contributed by atoms with Gasteiger partial charge in [0.1, 0.15) is 11.6 Å². The molecular weight excluding hydrogens is 318 g/mol. The molecule has 1 saturated carbocycles. The minimum Gasteiger partial charge on any atom is -0.507 e. The van der Waals surface area contributed by atoms with Crippen molar-refractivity contribution in [2.45, 2.75) is 39.2 Å². The Labute approximate surface area is 146 Å². The fourth-order valence-corrected chi connectivity index (χ4v) is 3.00. The number of amides is 2. The Morgan fingerprint density at radius 1 is 1.20 bits per heavy atom. The summed E-state index contributed by atoms with van der Waals surface area (Å²) in [4.78, 5) is 27.8. The molecule has 130 valence electrons. The quantitative estimate of drug-likeness (QED) is 0.746. The number of anilines is 1. The Hall–Kier alpha value is -2.89. The van der Waals surface area contributed by atoms with Crippen LogP contribution in [0.5, 0.6) is 5.75 Å². The first-order chi connectivity index (χ1) is 11.9. The number of carbonyl (C=O) groups excluding carboxylic acids is 2. The third-order valence-corrected chi connectivity index (χ3v) is 4.45. The number of carbonyl (C=O) groups is 2. The summed E-state index contributed by atoms with van der Waals surface area (Å²) in [6.45, 7) is 5.25. The van der Waals surface area contributed by atoms with Crippen molar-refractivity contribution < 1.29 is 14.7 Å². The zero-order valence-electron chi connectivity index (χ0n) is 14.5. The average molecular weight is 339 g/mol. The van der Waals surface area contributed by atoms with Crippen molar-refractivity contribution in [3.05, 3.63) is 52.7 Å². The van der Waals surface area contributed by atoms with E-state index in [-0.39, 0.29) is 29.5 Å². The van der Waals surface area contributed by atoms with E-state index in [1.54, 1.807) is 18.3 Å². The highest BCUT2D eigenvalue weighted by molar-refractivity contribution is 5.97. The highest BCUT2D eigenvalue weighted by atomic mass is 16.3. The molecule has 2 atom stereocenters. The molecule has 2 unspecified atom stereocenters. The molecule has 3 N–H and O–H groups in total. The second kappa shape index (κ2) is 6.55. The number of benzene rings is 1. The smallest absolute Gasteiger partial charge is 0.320 e. The number of Topliss-reactive ketones (excluding diaryl/α,β-unsaturated/α-hetero) is 1. The van der Waals surface area contributed by atoms with Crippen molar-refractivity contribution in [3.63, 3.8) is 0 Å². The van der Waals surface area contributed by atoms with Gasteiger partial charge in [-0.25, -0.2) is 9.78 Å². The molecule has 0 spiro atoms. The first-order valence-electron chi connectivity index (χ1n) is 8.20. The van der Waals surface area contributed by atoms with Crippen LogP contribution >= 0.6 is 0 Å². The number of nitrogens with one attached hydrogen (secondary N) is 2. The standard InChI is InChI=1S/C19H21N3O3/c1-10-4-7-16(20-9-10)22-19(25)21-15-8-14(15)17-11(2)5-6-13(12(3)23)18(17)24/h4-7,9,14-15,24H,8H2,1-3H3,(H2,20,21,22,25). The Balaban J connectivity index is 1.67. The fraction of sp³-hybridized carbons (Fsp3) is 0.316. The molecule has 0 aliphatic heterocycles. The molecule has 3 rings (SSSR count). The van der Waals surface area contributed by atoms with Crippen molar-refractivity contribution in [2.24, 2.45) is 0 Å². The van der Waals surface area contributed by atoms with Crippen molar-refractivity contribution in [1.82, 2.24) is 10.3 Å². The second-order valence-corrected chi connectivity index (χ2v) is 6.52. The molecule has 1 aromatic heterocycles. The number of rotatable bonds is 4. The number of pyridine rings is 1. The van der Waals surface area contributed by atoms with E-state index in [9.17, 15) is 14.7 Å². The summed E-state index contributed by atoms with van der Waals surface area (Å²) in [6.07, 6.45) is 2.41. The van der Waals surface area contributed by atoms with Gasteiger partial charge in [0.15, 0.2) is 5.78 Å². The molecule has 1 aromatic carbocycles. The SMILES string of the molecule is CC(=O)c1ccc(C)c(C2CC2NC(=O)Nc2ccc(C)cn2)c1O. The first-order valence-corrected chi connectivity index (χ1v) is 8.20. The summed E-state index contributed by atoms with van der Waals surface area (Å²) in [6, 6.07) is 6.68. The number of urea groups is 1. The summed E-state index contributed by atoms with van der Waals surface area (Å²) in [5, 5.41) is 16.0. The number of aromatic nitrogens is 1. The lowest BCUT2D eigenvalue weighted by atomic mass is 9.97. The molecule has 6 heteroatoms. The largest absolute Gasteiger partial charge is 0.507 e. The third-order valence-electron chi connectivity index (χ3n) is 4.45. The van der Waals surface area contributed by atoms with E-state index in [1.807, 2.05) is 26.0 Å². The number of hydrogen-bond donors (Lipinski definition) is 3. The normalized spacial score (nSPS) is 18.5. The van der Waals surface area contributed by atoms with Crippen LogP contribution in [0.1, 0.15) is 46.3 Å². The summed E-state index contributed by atoms with van der Waals surface area (Å²) >= 11 is 0. The summed E-state index contributed by atoms with van der Waals surface area (Å²) in [5.41, 5.74) is 2.99. The first kappa shape index (κ1) is 17.0. The summed E-state index contributed by atoms with van der Waals surface area (Å²) in [5.74, 6) is 0.350. The predicted octanol–water partition coefficient (Wildman–Crippen LogP) is 3.28. The molecule has 1 heterocycles. The molecule has 0 bridgehead atoms. The maximum Gasteiger partial charge on any atom is 0.320 e. The van der Waals surface area contributed by atoms with E-state index >= 15 is 0 Å². The van der Waals surface area contributed by atoms with E-state index < -0.39 is 0 Å². The minimum atomic E-state index is -0.330. The van der Waals surface area contributed by atoms with Gasteiger partial charge in [0.05, 0.1) is 5.56 Å². The van der Waals surface area contributed by atoms with E-state index in [4.69, 9.17) is 0 Å². The van der Waals surface area contributed by atoms with Gasteiger partial charge in [-0.3, -0.25) is 10.1 Å². The van der Waals surface area contributed by atoms with Crippen LogP contribution in [0.4, 0.5) is 10.6 Å². The summed E-state index contributed by atoms with van der Waals surface area (Å²) in [7, 11) is 0. The fourth-order valence-electron chi connectivity index (χ4n) is 3.00. The van der Waals surface area contributed by atoms with Crippen LogP contribution in [0, 0.1) is 13.8 Å². The number of hydrogen-bond acceptors (Lipinski definition) is 4. The van der Waals surface area contributed by atoms with Gasteiger partial charge in [0.25, 0.3) is 0 Å². The molecule has 6 nitrogen and oxygen atoms in total. The number of ketones is 1. The minimum absolute atomic E-state index is 0.0102. The van der Waals surface area contributed by atoms with Gasteiger partial charge in [0, 0.05) is 23.7 Å². The van der Waals surface area contributed by atoms with E-state index in [1.165, 1.54) is 6.92 Å². The number of nitrogens with zero attached hydrogens (tertiary/aromatic N) is 1. The Morgan fingerprint density at radius 2 is 1.96 bits per heavy atom. The van der Waals surface area contributed by atoms with Gasteiger partial charge in [-0.05, 0) is 50.5 Å². The Bertz CT molecular complexity index is 831. The van der Waals surface area contributed by atoms with Crippen molar-refractivity contribution >= 4 is 17.6 Å². The van der Waals surface area contributed by atoms with E-state index in [0.29, 0.717) is 11.4 Å². The molecule has 1 fully saturated rings. The third kappa shape index (κ3) is 3.63. The van der Waals surface area contributed by atoms with Crippen LogP contribution in [0.3, 0.4) is 0 Å². The van der Waals surface area contributed by atoms with Crippen LogP contribution in [-0.2, 0) is 0 Å². The average Bonchev–Trinajstić information content (AvgIpc) is 3.27. The predicted molar refractivity (Wildman–Crippen MR) is 95.1 cm³/mol. The molecular formula is C19H21N3O3. The maximum atomic E-state index is 12.1. The maximum absolute atomic E-state index is 12.1. The summed E-state index contributed by atoms with van der Waals surface area (Å²) < 4.78 is 0.